The number of furan rings is 1. The quantitative estimate of drug-likeness (QED) is 0.519. The van der Waals surface area contributed by atoms with Gasteiger partial charge < -0.3 is 4.42 Å². The maximum atomic E-state index is 12.3. The summed E-state index contributed by atoms with van der Waals surface area (Å²) in [5, 5.41) is 0.689. The number of nitrogens with zero attached hydrogens (tertiary/aromatic N) is 1. The molecule has 25 heavy (non-hydrogen) atoms. The molecule has 3 rings (SSSR count). The standard InChI is InChI=1S/C21H22ClNO2/c1-12(2)19(24)18-11-17-20(25-18)15(21(3,4)5)10-16(23-17)13-6-8-14(22)9-7-13/h6-12H,1-5H3. The van der Waals surface area contributed by atoms with Crippen LogP contribution in [0.2, 0.25) is 5.02 Å². The van der Waals surface area contributed by atoms with Gasteiger partial charge in [-0.1, -0.05) is 58.4 Å². The van der Waals surface area contributed by atoms with Gasteiger partial charge in [0, 0.05) is 28.1 Å². The molecule has 0 unspecified atom stereocenters. The first-order valence-electron chi connectivity index (χ1n) is 8.42. The average molecular weight is 356 g/mol. The van der Waals surface area contributed by atoms with Gasteiger partial charge in [0.25, 0.3) is 0 Å². The van der Waals surface area contributed by atoms with Gasteiger partial charge in [0.2, 0.25) is 5.78 Å². The van der Waals surface area contributed by atoms with Crippen molar-refractivity contribution in [3.8, 4) is 11.3 Å². The number of hydrogen-bond acceptors (Lipinski definition) is 3. The van der Waals surface area contributed by atoms with E-state index in [2.05, 4.69) is 20.8 Å². The Balaban J connectivity index is 2.24. The van der Waals surface area contributed by atoms with Crippen LogP contribution >= 0.6 is 11.6 Å². The van der Waals surface area contributed by atoms with E-state index in [1.54, 1.807) is 6.07 Å². The summed E-state index contributed by atoms with van der Waals surface area (Å²) in [6.45, 7) is 10.1. The Kier molecular flexibility index (Phi) is 4.46. The van der Waals surface area contributed by atoms with E-state index in [4.69, 9.17) is 21.0 Å². The summed E-state index contributed by atoms with van der Waals surface area (Å²) >= 11 is 5.99. The van der Waals surface area contributed by atoms with E-state index in [1.807, 2.05) is 44.2 Å². The van der Waals surface area contributed by atoms with Gasteiger partial charge >= 0.3 is 0 Å². The molecule has 0 radical (unpaired) electrons. The van der Waals surface area contributed by atoms with Gasteiger partial charge in [0.05, 0.1) is 5.69 Å². The molecule has 0 atom stereocenters. The third kappa shape index (κ3) is 3.47. The van der Waals surface area contributed by atoms with Crippen LogP contribution < -0.4 is 0 Å². The van der Waals surface area contributed by atoms with Crippen LogP contribution in [0.1, 0.15) is 50.7 Å². The zero-order chi connectivity index (χ0) is 18.4. The second-order valence-corrected chi connectivity index (χ2v) is 8.09. The number of benzene rings is 1. The molecule has 4 heteroatoms. The number of ketones is 1. The Labute approximate surface area is 153 Å². The minimum atomic E-state index is -0.141. The fourth-order valence-corrected chi connectivity index (χ4v) is 2.88. The Morgan fingerprint density at radius 3 is 2.32 bits per heavy atom. The number of hydrogen-bond donors (Lipinski definition) is 0. The first-order chi connectivity index (χ1) is 11.7. The molecule has 0 aliphatic heterocycles. The van der Waals surface area contributed by atoms with E-state index in [1.165, 1.54) is 0 Å². The van der Waals surface area contributed by atoms with Crippen LogP contribution in [0.15, 0.2) is 40.8 Å². The van der Waals surface area contributed by atoms with Crippen LogP contribution in [0, 0.1) is 5.92 Å². The number of rotatable bonds is 3. The number of aromatic nitrogens is 1. The van der Waals surface area contributed by atoms with Gasteiger partial charge in [-0.15, -0.1) is 0 Å². The molecule has 0 saturated carbocycles. The van der Waals surface area contributed by atoms with Crippen molar-refractivity contribution in [2.75, 3.05) is 0 Å². The minimum absolute atomic E-state index is 0.00842. The molecule has 0 aliphatic rings. The lowest BCUT2D eigenvalue weighted by molar-refractivity contribution is 0.0913. The van der Waals surface area contributed by atoms with Crippen molar-refractivity contribution < 1.29 is 9.21 Å². The number of halogens is 1. The summed E-state index contributed by atoms with van der Waals surface area (Å²) in [6, 6.07) is 11.4. The molecular formula is C21H22ClNO2. The monoisotopic (exact) mass is 355 g/mol. The van der Waals surface area contributed by atoms with Gasteiger partial charge in [-0.2, -0.15) is 0 Å². The van der Waals surface area contributed by atoms with Gasteiger partial charge in [0.15, 0.2) is 11.3 Å². The molecule has 2 aromatic heterocycles. The van der Waals surface area contributed by atoms with Crippen molar-refractivity contribution in [3.05, 3.63) is 52.7 Å². The SMILES string of the molecule is CC(C)C(=O)c1cc2nc(-c3ccc(Cl)cc3)cc(C(C)(C)C)c2o1. The summed E-state index contributed by atoms with van der Waals surface area (Å²) in [5.74, 6) is 0.247. The first-order valence-corrected chi connectivity index (χ1v) is 8.80. The lowest BCUT2D eigenvalue weighted by atomic mass is 9.86. The molecule has 2 heterocycles. The van der Waals surface area contributed by atoms with Crippen molar-refractivity contribution in [1.29, 1.82) is 0 Å². The molecule has 0 saturated heterocycles. The molecule has 0 bridgehead atoms. The molecule has 3 nitrogen and oxygen atoms in total. The fraction of sp³-hybridized carbons (Fsp3) is 0.333. The van der Waals surface area contributed by atoms with E-state index in [-0.39, 0.29) is 17.1 Å². The predicted molar refractivity (Wildman–Crippen MR) is 102 cm³/mol. The third-order valence-electron chi connectivity index (χ3n) is 4.19. The zero-order valence-corrected chi connectivity index (χ0v) is 15.9. The van der Waals surface area contributed by atoms with Gasteiger partial charge in [0.1, 0.15) is 5.52 Å². The second-order valence-electron chi connectivity index (χ2n) is 7.66. The van der Waals surface area contributed by atoms with Crippen molar-refractivity contribution in [3.63, 3.8) is 0 Å². The molecule has 130 valence electrons. The Hall–Kier alpha value is -2.13. The van der Waals surface area contributed by atoms with E-state index >= 15 is 0 Å². The predicted octanol–water partition coefficient (Wildman–Crippen LogP) is 6.28. The summed E-state index contributed by atoms with van der Waals surface area (Å²) in [5.41, 5.74) is 4.12. The van der Waals surface area contributed by atoms with E-state index in [0.717, 1.165) is 16.8 Å². The highest BCUT2D eigenvalue weighted by atomic mass is 35.5. The van der Waals surface area contributed by atoms with Crippen LogP contribution in [0.25, 0.3) is 22.4 Å². The lowest BCUT2D eigenvalue weighted by Crippen LogP contribution is -2.12. The second kappa shape index (κ2) is 6.30. The highest BCUT2D eigenvalue weighted by molar-refractivity contribution is 6.30. The summed E-state index contributed by atoms with van der Waals surface area (Å²) in [7, 11) is 0. The zero-order valence-electron chi connectivity index (χ0n) is 15.2. The Bertz CT molecular complexity index is 931. The van der Waals surface area contributed by atoms with Crippen LogP contribution in [0.5, 0.6) is 0 Å². The molecule has 0 spiro atoms. The van der Waals surface area contributed by atoms with Crippen LogP contribution in [0.3, 0.4) is 0 Å². The van der Waals surface area contributed by atoms with Crippen molar-refractivity contribution in [2.45, 2.75) is 40.0 Å². The van der Waals surface area contributed by atoms with Gasteiger partial charge in [-0.3, -0.25) is 4.79 Å². The van der Waals surface area contributed by atoms with Crippen molar-refractivity contribution in [2.24, 2.45) is 5.92 Å². The van der Waals surface area contributed by atoms with Crippen LogP contribution in [-0.2, 0) is 5.41 Å². The summed E-state index contributed by atoms with van der Waals surface area (Å²) < 4.78 is 5.93. The molecule has 0 amide bonds. The highest BCUT2D eigenvalue weighted by Crippen LogP contribution is 2.35. The fourth-order valence-electron chi connectivity index (χ4n) is 2.75. The van der Waals surface area contributed by atoms with Gasteiger partial charge in [-0.05, 0) is 23.6 Å². The van der Waals surface area contributed by atoms with Crippen molar-refractivity contribution >= 4 is 28.5 Å². The maximum Gasteiger partial charge on any atom is 0.200 e. The molecule has 0 N–H and O–H groups in total. The highest BCUT2D eigenvalue weighted by Gasteiger charge is 2.24. The van der Waals surface area contributed by atoms with E-state index in [0.29, 0.717) is 21.9 Å². The maximum absolute atomic E-state index is 12.3. The normalized spacial score (nSPS) is 12.1. The average Bonchev–Trinajstić information content (AvgIpc) is 2.96. The first kappa shape index (κ1) is 17.7. The van der Waals surface area contributed by atoms with Gasteiger partial charge in [-0.25, -0.2) is 4.98 Å². The number of carbonyl (C=O) groups excluding carboxylic acids is 1. The number of carbonyl (C=O) groups is 1. The van der Waals surface area contributed by atoms with Crippen LogP contribution in [-0.4, -0.2) is 10.8 Å². The van der Waals surface area contributed by atoms with E-state index < -0.39 is 0 Å². The molecule has 1 aromatic carbocycles. The number of pyridine rings is 1. The molecule has 3 aromatic rings. The number of fused-ring (bicyclic) bond motifs is 1. The molecule has 0 aliphatic carbocycles. The van der Waals surface area contributed by atoms with Crippen molar-refractivity contribution in [1.82, 2.24) is 4.98 Å². The Morgan fingerprint density at radius 2 is 1.76 bits per heavy atom. The van der Waals surface area contributed by atoms with Crippen LogP contribution in [0.4, 0.5) is 0 Å². The molecular weight excluding hydrogens is 334 g/mol. The smallest absolute Gasteiger partial charge is 0.200 e. The lowest BCUT2D eigenvalue weighted by Gasteiger charge is -2.20. The summed E-state index contributed by atoms with van der Waals surface area (Å²) in [4.78, 5) is 17.1. The third-order valence-corrected chi connectivity index (χ3v) is 4.45. The minimum Gasteiger partial charge on any atom is -0.451 e. The largest absolute Gasteiger partial charge is 0.451 e. The molecule has 0 fully saturated rings. The Morgan fingerprint density at radius 1 is 1.12 bits per heavy atom. The number of Topliss-reactive ketones (excluding diaryl/α,β-unsaturated/α-hetero) is 1. The van der Waals surface area contributed by atoms with E-state index in [9.17, 15) is 4.79 Å². The summed E-state index contributed by atoms with van der Waals surface area (Å²) in [6.07, 6.45) is 0. The topological polar surface area (TPSA) is 43.1 Å².